The van der Waals surface area contributed by atoms with Gasteiger partial charge < -0.3 is 11.1 Å². The van der Waals surface area contributed by atoms with Crippen LogP contribution in [0, 0.1) is 5.92 Å². The molecule has 0 aromatic heterocycles. The van der Waals surface area contributed by atoms with Crippen LogP contribution in [0.4, 0.5) is 0 Å². The van der Waals surface area contributed by atoms with Crippen molar-refractivity contribution in [2.24, 2.45) is 11.7 Å². The summed E-state index contributed by atoms with van der Waals surface area (Å²) >= 11 is 0. The highest BCUT2D eigenvalue weighted by Gasteiger charge is 2.14. The van der Waals surface area contributed by atoms with E-state index in [9.17, 15) is 4.79 Å². The zero-order chi connectivity index (χ0) is 8.10. The van der Waals surface area contributed by atoms with Crippen LogP contribution in [0.1, 0.15) is 25.7 Å². The molecule has 1 fully saturated rings. The van der Waals surface area contributed by atoms with E-state index in [4.69, 9.17) is 5.73 Å². The largest absolute Gasteiger partial charge is 0.355 e. The molecule has 1 aliphatic carbocycles. The molecule has 0 radical (unpaired) electrons. The highest BCUT2D eigenvalue weighted by atomic mass is 16.1. The fraction of sp³-hybridized carbons (Fsp3) is 0.875. The summed E-state index contributed by atoms with van der Waals surface area (Å²) in [6, 6.07) is 0. The summed E-state index contributed by atoms with van der Waals surface area (Å²) in [5.74, 6) is 0.683. The van der Waals surface area contributed by atoms with E-state index in [1.165, 1.54) is 25.7 Å². The van der Waals surface area contributed by atoms with E-state index in [0.29, 0.717) is 5.92 Å². The number of hydrogen-bond acceptors (Lipinski definition) is 2. The van der Waals surface area contributed by atoms with E-state index >= 15 is 0 Å². The Morgan fingerprint density at radius 3 is 2.64 bits per heavy atom. The van der Waals surface area contributed by atoms with Gasteiger partial charge in [-0.1, -0.05) is 12.8 Å². The van der Waals surface area contributed by atoms with Crippen LogP contribution < -0.4 is 11.1 Å². The fourth-order valence-corrected chi connectivity index (χ4v) is 1.54. The van der Waals surface area contributed by atoms with Crippen molar-refractivity contribution in [2.75, 3.05) is 13.1 Å². The molecule has 0 aromatic carbocycles. The summed E-state index contributed by atoms with van der Waals surface area (Å²) < 4.78 is 0. The molecule has 0 aliphatic heterocycles. The van der Waals surface area contributed by atoms with Gasteiger partial charge in [-0.2, -0.15) is 0 Å². The van der Waals surface area contributed by atoms with Crippen molar-refractivity contribution in [1.29, 1.82) is 0 Å². The Bertz CT molecular complexity index is 130. The predicted octanol–water partition coefficient (Wildman–Crippen LogP) is 0.251. The van der Waals surface area contributed by atoms with Crippen molar-refractivity contribution in [2.45, 2.75) is 25.7 Å². The maximum Gasteiger partial charge on any atom is 0.233 e. The average molecular weight is 156 g/mol. The van der Waals surface area contributed by atoms with E-state index in [1.54, 1.807) is 0 Å². The van der Waals surface area contributed by atoms with Gasteiger partial charge in [0, 0.05) is 6.54 Å². The molecule has 0 aromatic rings. The van der Waals surface area contributed by atoms with Crippen LogP contribution in [-0.2, 0) is 4.79 Å². The zero-order valence-corrected chi connectivity index (χ0v) is 6.81. The molecule has 1 amide bonds. The molecule has 1 aliphatic rings. The van der Waals surface area contributed by atoms with Gasteiger partial charge in [-0.05, 0) is 18.8 Å². The van der Waals surface area contributed by atoms with Crippen LogP contribution in [0.15, 0.2) is 0 Å². The van der Waals surface area contributed by atoms with Crippen LogP contribution in [-0.4, -0.2) is 19.0 Å². The quantitative estimate of drug-likeness (QED) is 0.615. The minimum Gasteiger partial charge on any atom is -0.355 e. The van der Waals surface area contributed by atoms with E-state index in [2.05, 4.69) is 5.32 Å². The van der Waals surface area contributed by atoms with Crippen molar-refractivity contribution in [1.82, 2.24) is 5.32 Å². The zero-order valence-electron chi connectivity index (χ0n) is 6.81. The Balaban J connectivity index is 2.06. The standard InChI is InChI=1S/C8H16N2O/c9-5-8(11)10-6-7-3-1-2-4-7/h7H,1-6,9H2,(H,10,11). The molecular weight excluding hydrogens is 140 g/mol. The van der Waals surface area contributed by atoms with Gasteiger partial charge in [0.25, 0.3) is 0 Å². The molecule has 1 rings (SSSR count). The van der Waals surface area contributed by atoms with E-state index < -0.39 is 0 Å². The van der Waals surface area contributed by atoms with Crippen LogP contribution >= 0.6 is 0 Å². The Morgan fingerprint density at radius 2 is 2.09 bits per heavy atom. The third-order valence-electron chi connectivity index (χ3n) is 2.25. The smallest absolute Gasteiger partial charge is 0.233 e. The van der Waals surface area contributed by atoms with E-state index in [0.717, 1.165) is 6.54 Å². The lowest BCUT2D eigenvalue weighted by Crippen LogP contribution is -2.33. The number of nitrogens with one attached hydrogen (secondary N) is 1. The molecule has 0 atom stereocenters. The number of amides is 1. The van der Waals surface area contributed by atoms with Gasteiger partial charge in [-0.15, -0.1) is 0 Å². The first kappa shape index (κ1) is 8.53. The lowest BCUT2D eigenvalue weighted by molar-refractivity contribution is -0.119. The highest BCUT2D eigenvalue weighted by molar-refractivity contribution is 5.77. The third kappa shape index (κ3) is 2.89. The first-order valence-electron chi connectivity index (χ1n) is 4.29. The van der Waals surface area contributed by atoms with Crippen molar-refractivity contribution < 1.29 is 4.79 Å². The van der Waals surface area contributed by atoms with Crippen LogP contribution in [0.5, 0.6) is 0 Å². The maximum atomic E-state index is 10.7. The molecular formula is C8H16N2O. The monoisotopic (exact) mass is 156 g/mol. The minimum absolute atomic E-state index is 0.0306. The number of carbonyl (C=O) groups is 1. The summed E-state index contributed by atoms with van der Waals surface area (Å²) in [6.45, 7) is 0.947. The summed E-state index contributed by atoms with van der Waals surface area (Å²) in [5.41, 5.74) is 5.14. The van der Waals surface area contributed by atoms with Crippen molar-refractivity contribution in [3.05, 3.63) is 0 Å². The fourth-order valence-electron chi connectivity index (χ4n) is 1.54. The molecule has 3 N–H and O–H groups in total. The number of rotatable bonds is 3. The molecule has 3 nitrogen and oxygen atoms in total. The number of nitrogens with two attached hydrogens (primary N) is 1. The Labute approximate surface area is 67.3 Å². The van der Waals surface area contributed by atoms with Gasteiger partial charge in [-0.3, -0.25) is 4.79 Å². The number of hydrogen-bond donors (Lipinski definition) is 2. The van der Waals surface area contributed by atoms with Gasteiger partial charge in [0.15, 0.2) is 0 Å². The molecule has 0 bridgehead atoms. The summed E-state index contributed by atoms with van der Waals surface area (Å²) in [7, 11) is 0. The summed E-state index contributed by atoms with van der Waals surface area (Å²) in [5, 5.41) is 2.81. The van der Waals surface area contributed by atoms with Crippen molar-refractivity contribution >= 4 is 5.91 Å². The van der Waals surface area contributed by atoms with E-state index in [1.807, 2.05) is 0 Å². The number of carbonyl (C=O) groups excluding carboxylic acids is 1. The molecule has 11 heavy (non-hydrogen) atoms. The minimum atomic E-state index is -0.0306. The van der Waals surface area contributed by atoms with Gasteiger partial charge >= 0.3 is 0 Å². The van der Waals surface area contributed by atoms with Crippen molar-refractivity contribution in [3.63, 3.8) is 0 Å². The second-order valence-electron chi connectivity index (χ2n) is 3.16. The van der Waals surface area contributed by atoms with E-state index in [-0.39, 0.29) is 12.5 Å². The maximum absolute atomic E-state index is 10.7. The first-order valence-corrected chi connectivity index (χ1v) is 4.29. The van der Waals surface area contributed by atoms with Crippen LogP contribution in [0.3, 0.4) is 0 Å². The van der Waals surface area contributed by atoms with Gasteiger partial charge in [0.2, 0.25) is 5.91 Å². The molecule has 0 spiro atoms. The highest BCUT2D eigenvalue weighted by Crippen LogP contribution is 2.23. The predicted molar refractivity (Wildman–Crippen MR) is 44.0 cm³/mol. The van der Waals surface area contributed by atoms with Gasteiger partial charge in [-0.25, -0.2) is 0 Å². The van der Waals surface area contributed by atoms with Crippen LogP contribution in [0.25, 0.3) is 0 Å². The molecule has 1 saturated carbocycles. The van der Waals surface area contributed by atoms with Gasteiger partial charge in [0.05, 0.1) is 6.54 Å². The lowest BCUT2D eigenvalue weighted by atomic mass is 10.1. The molecule has 0 saturated heterocycles. The average Bonchev–Trinajstić information content (AvgIpc) is 2.52. The second-order valence-corrected chi connectivity index (χ2v) is 3.16. The summed E-state index contributed by atoms with van der Waals surface area (Å²) in [4.78, 5) is 10.7. The second kappa shape index (κ2) is 4.34. The van der Waals surface area contributed by atoms with Crippen LogP contribution in [0.2, 0.25) is 0 Å². The molecule has 0 heterocycles. The normalized spacial score (nSPS) is 18.6. The molecule has 0 unspecified atom stereocenters. The Kier molecular flexibility index (Phi) is 3.36. The Morgan fingerprint density at radius 1 is 1.45 bits per heavy atom. The third-order valence-corrected chi connectivity index (χ3v) is 2.25. The summed E-state index contributed by atoms with van der Waals surface area (Å²) in [6.07, 6.45) is 5.18. The lowest BCUT2D eigenvalue weighted by Gasteiger charge is -2.08. The molecule has 3 heteroatoms. The topological polar surface area (TPSA) is 55.1 Å². The van der Waals surface area contributed by atoms with Gasteiger partial charge in [0.1, 0.15) is 0 Å². The SMILES string of the molecule is NCC(=O)NCC1CCCC1. The molecule has 64 valence electrons. The first-order chi connectivity index (χ1) is 5.33. The Hall–Kier alpha value is -0.570. The van der Waals surface area contributed by atoms with Crippen molar-refractivity contribution in [3.8, 4) is 0 Å².